The summed E-state index contributed by atoms with van der Waals surface area (Å²) in [5.74, 6) is 1.81. The Balaban J connectivity index is 0.000000861. The lowest BCUT2D eigenvalue weighted by atomic mass is 10.0. The van der Waals surface area contributed by atoms with Crippen LogP contribution in [0.15, 0.2) is 24.5 Å². The third-order valence-corrected chi connectivity index (χ3v) is 3.13. The van der Waals surface area contributed by atoms with Crippen LogP contribution < -0.4 is 10.6 Å². The molecule has 0 atom stereocenters. The predicted molar refractivity (Wildman–Crippen MR) is 87.8 cm³/mol. The standard InChI is InChI=1S/C14H21N3.CH3Br/c1-11-8-12(2)14(13(3)9-11)17-7-6-16(10-17)5-4-15;1-2/h6-9H,4-5,10,15H2,1-3H3;1H3. The van der Waals surface area contributed by atoms with Gasteiger partial charge in [0, 0.05) is 31.2 Å². The van der Waals surface area contributed by atoms with Gasteiger partial charge in [0.05, 0.1) is 6.67 Å². The van der Waals surface area contributed by atoms with Crippen LogP contribution in [0.1, 0.15) is 16.7 Å². The highest BCUT2D eigenvalue weighted by Crippen LogP contribution is 2.28. The van der Waals surface area contributed by atoms with Crippen LogP contribution in [0.4, 0.5) is 5.69 Å². The zero-order chi connectivity index (χ0) is 14.4. The number of benzene rings is 1. The number of nitrogens with two attached hydrogens (primary N) is 1. The molecular weight excluding hydrogens is 302 g/mol. The third-order valence-electron chi connectivity index (χ3n) is 3.13. The summed E-state index contributed by atoms with van der Waals surface area (Å²) < 4.78 is 0. The van der Waals surface area contributed by atoms with E-state index >= 15 is 0 Å². The molecule has 4 heteroatoms. The Morgan fingerprint density at radius 3 is 2.21 bits per heavy atom. The second-order valence-corrected chi connectivity index (χ2v) is 4.76. The van der Waals surface area contributed by atoms with Crippen molar-refractivity contribution >= 4 is 21.6 Å². The zero-order valence-electron chi connectivity index (χ0n) is 12.3. The third kappa shape index (κ3) is 3.98. The summed E-state index contributed by atoms with van der Waals surface area (Å²) in [6, 6.07) is 4.48. The molecule has 0 aromatic heterocycles. The second-order valence-electron chi connectivity index (χ2n) is 4.76. The number of alkyl halides is 1. The van der Waals surface area contributed by atoms with Gasteiger partial charge in [0.15, 0.2) is 0 Å². The quantitative estimate of drug-likeness (QED) is 0.866. The number of nitrogens with zero attached hydrogens (tertiary/aromatic N) is 2. The van der Waals surface area contributed by atoms with Crippen LogP contribution in [0.3, 0.4) is 0 Å². The first kappa shape index (κ1) is 16.1. The van der Waals surface area contributed by atoms with Gasteiger partial charge < -0.3 is 15.5 Å². The first-order chi connectivity index (χ1) is 9.11. The van der Waals surface area contributed by atoms with Crippen LogP contribution in [-0.2, 0) is 0 Å². The molecule has 106 valence electrons. The first-order valence-electron chi connectivity index (χ1n) is 6.46. The Kier molecular flexibility index (Phi) is 6.38. The molecule has 0 spiro atoms. The lowest BCUT2D eigenvalue weighted by Gasteiger charge is -2.24. The molecule has 1 heterocycles. The molecule has 0 aliphatic carbocycles. The molecule has 1 aromatic carbocycles. The summed E-state index contributed by atoms with van der Waals surface area (Å²) in [6.45, 7) is 9.01. The highest BCUT2D eigenvalue weighted by Gasteiger charge is 2.16. The molecule has 2 N–H and O–H groups in total. The molecule has 0 fully saturated rings. The van der Waals surface area contributed by atoms with Crippen LogP contribution >= 0.6 is 15.9 Å². The van der Waals surface area contributed by atoms with Gasteiger partial charge in [-0.2, -0.15) is 0 Å². The predicted octanol–water partition coefficient (Wildman–Crippen LogP) is 3.13. The van der Waals surface area contributed by atoms with Crippen LogP contribution in [0, 0.1) is 20.8 Å². The van der Waals surface area contributed by atoms with E-state index < -0.39 is 0 Å². The fourth-order valence-corrected chi connectivity index (χ4v) is 2.55. The minimum atomic E-state index is 0.698. The largest absolute Gasteiger partial charge is 0.357 e. The van der Waals surface area contributed by atoms with Gasteiger partial charge in [0.1, 0.15) is 0 Å². The number of anilines is 1. The molecule has 0 saturated carbocycles. The normalized spacial score (nSPS) is 13.6. The number of rotatable bonds is 3. The van der Waals surface area contributed by atoms with Gasteiger partial charge in [-0.05, 0) is 37.7 Å². The van der Waals surface area contributed by atoms with Gasteiger partial charge in [-0.15, -0.1) is 0 Å². The minimum Gasteiger partial charge on any atom is -0.357 e. The summed E-state index contributed by atoms with van der Waals surface area (Å²) in [5.41, 5.74) is 10.9. The maximum absolute atomic E-state index is 5.58. The molecule has 1 aliphatic heterocycles. The van der Waals surface area contributed by atoms with E-state index in [2.05, 4.69) is 71.0 Å². The fraction of sp³-hybridized carbons (Fsp3) is 0.467. The van der Waals surface area contributed by atoms with Crippen molar-refractivity contribution in [2.75, 3.05) is 30.5 Å². The summed E-state index contributed by atoms with van der Waals surface area (Å²) in [7, 11) is 0. The molecule has 1 aliphatic rings. The van der Waals surface area contributed by atoms with E-state index in [0.29, 0.717) is 6.54 Å². The van der Waals surface area contributed by atoms with Gasteiger partial charge in [-0.3, -0.25) is 0 Å². The second kappa shape index (κ2) is 7.56. The summed E-state index contributed by atoms with van der Waals surface area (Å²) in [6.07, 6.45) is 4.26. The van der Waals surface area contributed by atoms with Crippen molar-refractivity contribution < 1.29 is 0 Å². The first-order valence-corrected chi connectivity index (χ1v) is 8.05. The minimum absolute atomic E-state index is 0.698. The topological polar surface area (TPSA) is 32.5 Å². The summed E-state index contributed by atoms with van der Waals surface area (Å²) in [4.78, 5) is 4.53. The van der Waals surface area contributed by atoms with Crippen LogP contribution in [0.25, 0.3) is 0 Å². The Hall–Kier alpha value is -1.00. The molecule has 2 rings (SSSR count). The van der Waals surface area contributed by atoms with E-state index in [-0.39, 0.29) is 0 Å². The van der Waals surface area contributed by atoms with E-state index in [4.69, 9.17) is 5.73 Å². The molecule has 0 unspecified atom stereocenters. The van der Waals surface area contributed by atoms with Gasteiger partial charge in [0.2, 0.25) is 0 Å². The summed E-state index contributed by atoms with van der Waals surface area (Å²) in [5, 5.41) is 0. The van der Waals surface area contributed by atoms with Crippen molar-refractivity contribution in [3.63, 3.8) is 0 Å². The molecule has 3 nitrogen and oxygen atoms in total. The Morgan fingerprint density at radius 1 is 1.11 bits per heavy atom. The highest BCUT2D eigenvalue weighted by molar-refractivity contribution is 9.08. The average molecular weight is 326 g/mol. The Labute approximate surface area is 125 Å². The molecular formula is C15H24BrN3. The average Bonchev–Trinajstić information content (AvgIpc) is 2.79. The van der Waals surface area contributed by atoms with Gasteiger partial charge in [-0.25, -0.2) is 0 Å². The number of hydrogen-bond acceptors (Lipinski definition) is 3. The van der Waals surface area contributed by atoms with Crippen LogP contribution in [0.5, 0.6) is 0 Å². The molecule has 0 saturated heterocycles. The number of halogens is 1. The van der Waals surface area contributed by atoms with Gasteiger partial charge >= 0.3 is 0 Å². The Morgan fingerprint density at radius 2 is 1.68 bits per heavy atom. The van der Waals surface area contributed by atoms with Crippen molar-refractivity contribution in [2.24, 2.45) is 5.73 Å². The maximum atomic E-state index is 5.58. The lowest BCUT2D eigenvalue weighted by Crippen LogP contribution is -2.29. The van der Waals surface area contributed by atoms with E-state index in [0.717, 1.165) is 13.2 Å². The van der Waals surface area contributed by atoms with Crippen LogP contribution in [0.2, 0.25) is 0 Å². The molecule has 1 aromatic rings. The van der Waals surface area contributed by atoms with Crippen molar-refractivity contribution in [3.05, 3.63) is 41.2 Å². The lowest BCUT2D eigenvalue weighted by molar-refractivity contribution is 0.416. The van der Waals surface area contributed by atoms with Crippen molar-refractivity contribution in [3.8, 4) is 0 Å². The van der Waals surface area contributed by atoms with E-state index in [1.165, 1.54) is 22.4 Å². The van der Waals surface area contributed by atoms with E-state index in [1.807, 2.05) is 5.83 Å². The monoisotopic (exact) mass is 325 g/mol. The molecule has 0 radical (unpaired) electrons. The molecule has 0 amide bonds. The van der Waals surface area contributed by atoms with E-state index in [9.17, 15) is 0 Å². The van der Waals surface area contributed by atoms with Crippen molar-refractivity contribution in [2.45, 2.75) is 20.8 Å². The number of aryl methyl sites for hydroxylation is 3. The van der Waals surface area contributed by atoms with Gasteiger partial charge in [0.25, 0.3) is 0 Å². The maximum Gasteiger partial charge on any atom is 0.0942 e. The van der Waals surface area contributed by atoms with Crippen molar-refractivity contribution in [1.29, 1.82) is 0 Å². The molecule has 19 heavy (non-hydrogen) atoms. The van der Waals surface area contributed by atoms with Crippen LogP contribution in [-0.4, -0.2) is 30.5 Å². The van der Waals surface area contributed by atoms with E-state index in [1.54, 1.807) is 0 Å². The van der Waals surface area contributed by atoms with Gasteiger partial charge in [-0.1, -0.05) is 33.6 Å². The zero-order valence-corrected chi connectivity index (χ0v) is 13.9. The highest BCUT2D eigenvalue weighted by atomic mass is 79.9. The Bertz CT molecular complexity index is 420. The summed E-state index contributed by atoms with van der Waals surface area (Å²) >= 11 is 2.94. The fourth-order valence-electron chi connectivity index (χ4n) is 2.55. The van der Waals surface area contributed by atoms with Crippen molar-refractivity contribution in [1.82, 2.24) is 4.90 Å². The number of hydrogen-bond donors (Lipinski definition) is 1. The smallest absolute Gasteiger partial charge is 0.0942 e. The SMILES string of the molecule is CBr.Cc1cc(C)c(N2C=CN(CCN)C2)c(C)c1. The molecule has 0 bridgehead atoms.